The Balaban J connectivity index is 2.98. The Morgan fingerprint density at radius 1 is 1.46 bits per heavy atom. The zero-order valence-corrected chi connectivity index (χ0v) is 7.90. The minimum Gasteiger partial charge on any atom is -0.389 e. The Morgan fingerprint density at radius 2 is 2.23 bits per heavy atom. The van der Waals surface area contributed by atoms with Crippen LogP contribution >= 0.6 is 12.2 Å². The van der Waals surface area contributed by atoms with Gasteiger partial charge in [0.05, 0.1) is 6.54 Å². The summed E-state index contributed by atoms with van der Waals surface area (Å²) in [5.41, 5.74) is 12.4. The maximum atomic E-state index is 5.47. The van der Waals surface area contributed by atoms with Crippen molar-refractivity contribution in [3.8, 4) is 11.8 Å². The van der Waals surface area contributed by atoms with Gasteiger partial charge in [0.2, 0.25) is 0 Å². The maximum absolute atomic E-state index is 5.47. The van der Waals surface area contributed by atoms with Gasteiger partial charge in [0.1, 0.15) is 4.99 Å². The van der Waals surface area contributed by atoms with Crippen molar-refractivity contribution in [3.05, 3.63) is 35.4 Å². The van der Waals surface area contributed by atoms with Crippen LogP contribution in [-0.4, -0.2) is 11.5 Å². The van der Waals surface area contributed by atoms with Crippen LogP contribution in [0.2, 0.25) is 0 Å². The van der Waals surface area contributed by atoms with E-state index in [9.17, 15) is 0 Å². The van der Waals surface area contributed by atoms with Gasteiger partial charge in [-0.2, -0.15) is 0 Å². The SMILES string of the molecule is NCC#Cc1cccc(C(N)=S)c1. The molecule has 0 heterocycles. The summed E-state index contributed by atoms with van der Waals surface area (Å²) in [6.07, 6.45) is 0. The average molecular weight is 190 g/mol. The zero-order chi connectivity index (χ0) is 9.68. The molecular weight excluding hydrogens is 180 g/mol. The first-order valence-corrected chi connectivity index (χ1v) is 4.23. The number of nitrogens with two attached hydrogens (primary N) is 2. The Kier molecular flexibility index (Phi) is 3.44. The van der Waals surface area contributed by atoms with Gasteiger partial charge in [-0.25, -0.2) is 0 Å². The molecule has 0 aliphatic heterocycles. The third kappa shape index (κ3) is 2.86. The van der Waals surface area contributed by atoms with Crippen LogP contribution in [0.15, 0.2) is 24.3 Å². The standard InChI is InChI=1S/C10H10N2S/c11-6-2-4-8-3-1-5-9(7-8)10(12)13/h1,3,5,7H,6,11H2,(H2,12,13). The molecule has 0 spiro atoms. The van der Waals surface area contributed by atoms with E-state index in [-0.39, 0.29) is 0 Å². The Bertz CT molecular complexity index is 374. The minimum atomic E-state index is 0.358. The largest absolute Gasteiger partial charge is 0.389 e. The molecule has 1 aromatic rings. The average Bonchev–Trinajstić information content (AvgIpc) is 2.15. The van der Waals surface area contributed by atoms with E-state index in [0.29, 0.717) is 11.5 Å². The molecule has 13 heavy (non-hydrogen) atoms. The normalized spacial score (nSPS) is 8.69. The molecular formula is C10H10N2S. The Labute approximate surface area is 82.9 Å². The van der Waals surface area contributed by atoms with Gasteiger partial charge in [-0.3, -0.25) is 0 Å². The molecule has 0 saturated heterocycles. The molecule has 1 aromatic carbocycles. The van der Waals surface area contributed by atoms with E-state index in [2.05, 4.69) is 11.8 Å². The van der Waals surface area contributed by atoms with Crippen molar-refractivity contribution in [2.75, 3.05) is 6.54 Å². The van der Waals surface area contributed by atoms with Gasteiger partial charge in [-0.15, -0.1) is 0 Å². The van der Waals surface area contributed by atoms with E-state index < -0.39 is 0 Å². The molecule has 4 N–H and O–H groups in total. The fraction of sp³-hybridized carbons (Fsp3) is 0.100. The van der Waals surface area contributed by atoms with Crippen molar-refractivity contribution >= 4 is 17.2 Å². The number of benzene rings is 1. The van der Waals surface area contributed by atoms with Crippen LogP contribution in [0.25, 0.3) is 0 Å². The lowest BCUT2D eigenvalue weighted by molar-refractivity contribution is 1.30. The highest BCUT2D eigenvalue weighted by Gasteiger charge is 1.94. The predicted octanol–water partition coefficient (Wildman–Crippen LogP) is 0.631. The van der Waals surface area contributed by atoms with Gasteiger partial charge in [0.25, 0.3) is 0 Å². The molecule has 2 nitrogen and oxygen atoms in total. The molecule has 66 valence electrons. The van der Waals surface area contributed by atoms with Gasteiger partial charge in [0.15, 0.2) is 0 Å². The highest BCUT2D eigenvalue weighted by molar-refractivity contribution is 7.80. The topological polar surface area (TPSA) is 52.0 Å². The summed E-state index contributed by atoms with van der Waals surface area (Å²) in [5, 5.41) is 0. The third-order valence-corrected chi connectivity index (χ3v) is 1.72. The van der Waals surface area contributed by atoms with Crippen LogP contribution in [0.1, 0.15) is 11.1 Å². The fourth-order valence-electron chi connectivity index (χ4n) is 0.903. The number of thiocarbonyl (C=S) groups is 1. The van der Waals surface area contributed by atoms with E-state index in [1.165, 1.54) is 0 Å². The summed E-state index contributed by atoms with van der Waals surface area (Å²) in [7, 11) is 0. The van der Waals surface area contributed by atoms with Gasteiger partial charge in [-0.1, -0.05) is 36.2 Å². The summed E-state index contributed by atoms with van der Waals surface area (Å²) in [4.78, 5) is 0.386. The van der Waals surface area contributed by atoms with E-state index in [1.54, 1.807) is 0 Å². The van der Waals surface area contributed by atoms with Crippen LogP contribution in [0.5, 0.6) is 0 Å². The molecule has 0 radical (unpaired) electrons. The van der Waals surface area contributed by atoms with Crippen molar-refractivity contribution in [2.45, 2.75) is 0 Å². The Morgan fingerprint density at radius 3 is 2.85 bits per heavy atom. The van der Waals surface area contributed by atoms with Crippen molar-refractivity contribution in [1.82, 2.24) is 0 Å². The lowest BCUT2D eigenvalue weighted by atomic mass is 10.1. The van der Waals surface area contributed by atoms with Crippen LogP contribution in [0.4, 0.5) is 0 Å². The highest BCUT2D eigenvalue weighted by Crippen LogP contribution is 2.03. The summed E-state index contributed by atoms with van der Waals surface area (Å²) in [6, 6.07) is 7.47. The van der Waals surface area contributed by atoms with Gasteiger partial charge in [-0.05, 0) is 12.1 Å². The molecule has 0 aromatic heterocycles. The van der Waals surface area contributed by atoms with E-state index >= 15 is 0 Å². The molecule has 0 saturated carbocycles. The fourth-order valence-corrected chi connectivity index (χ4v) is 1.03. The van der Waals surface area contributed by atoms with Crippen molar-refractivity contribution in [1.29, 1.82) is 0 Å². The van der Waals surface area contributed by atoms with Crippen LogP contribution in [0, 0.1) is 11.8 Å². The van der Waals surface area contributed by atoms with Crippen LogP contribution in [0.3, 0.4) is 0 Å². The summed E-state index contributed by atoms with van der Waals surface area (Å²) in [6.45, 7) is 0.358. The van der Waals surface area contributed by atoms with Gasteiger partial charge in [0, 0.05) is 11.1 Å². The lowest BCUT2D eigenvalue weighted by Crippen LogP contribution is -2.09. The van der Waals surface area contributed by atoms with Crippen LogP contribution in [-0.2, 0) is 0 Å². The van der Waals surface area contributed by atoms with Gasteiger partial charge < -0.3 is 11.5 Å². The predicted molar refractivity (Wildman–Crippen MR) is 58.3 cm³/mol. The first-order chi connectivity index (χ1) is 6.24. The molecule has 3 heteroatoms. The Hall–Kier alpha value is -1.37. The summed E-state index contributed by atoms with van der Waals surface area (Å²) >= 11 is 4.84. The molecule has 0 unspecified atom stereocenters. The molecule has 0 bridgehead atoms. The number of rotatable bonds is 1. The first-order valence-electron chi connectivity index (χ1n) is 3.83. The number of hydrogen-bond acceptors (Lipinski definition) is 2. The smallest absolute Gasteiger partial charge is 0.104 e. The molecule has 0 amide bonds. The van der Waals surface area contributed by atoms with Crippen molar-refractivity contribution in [2.24, 2.45) is 11.5 Å². The zero-order valence-electron chi connectivity index (χ0n) is 7.08. The monoisotopic (exact) mass is 190 g/mol. The lowest BCUT2D eigenvalue weighted by Gasteiger charge is -1.97. The molecule has 0 aliphatic carbocycles. The minimum absolute atomic E-state index is 0.358. The summed E-state index contributed by atoms with van der Waals surface area (Å²) < 4.78 is 0. The summed E-state index contributed by atoms with van der Waals surface area (Å²) in [5.74, 6) is 5.67. The van der Waals surface area contributed by atoms with E-state index in [0.717, 1.165) is 11.1 Å². The molecule has 0 fully saturated rings. The highest BCUT2D eigenvalue weighted by atomic mass is 32.1. The molecule has 0 atom stereocenters. The maximum Gasteiger partial charge on any atom is 0.104 e. The van der Waals surface area contributed by atoms with Crippen LogP contribution < -0.4 is 11.5 Å². The van der Waals surface area contributed by atoms with E-state index in [4.69, 9.17) is 23.7 Å². The molecule has 1 rings (SSSR count). The third-order valence-electron chi connectivity index (χ3n) is 1.48. The second kappa shape index (κ2) is 4.61. The second-order valence-electron chi connectivity index (χ2n) is 2.45. The molecule has 0 aliphatic rings. The van der Waals surface area contributed by atoms with E-state index in [1.807, 2.05) is 24.3 Å². The first kappa shape index (κ1) is 9.72. The van der Waals surface area contributed by atoms with Gasteiger partial charge >= 0.3 is 0 Å². The van der Waals surface area contributed by atoms with Crippen molar-refractivity contribution in [3.63, 3.8) is 0 Å². The number of hydrogen-bond donors (Lipinski definition) is 2. The van der Waals surface area contributed by atoms with Crippen molar-refractivity contribution < 1.29 is 0 Å². The quantitative estimate of drug-likeness (QED) is 0.504. The second-order valence-corrected chi connectivity index (χ2v) is 2.89.